The van der Waals surface area contributed by atoms with Gasteiger partial charge in [-0.3, -0.25) is 9.59 Å². The normalized spacial score (nSPS) is 25.6. The minimum absolute atomic E-state index is 0.107. The number of carbonyl (C=O) groups is 2. The zero-order valence-electron chi connectivity index (χ0n) is 16.2. The van der Waals surface area contributed by atoms with E-state index in [-0.39, 0.29) is 17.8 Å². The van der Waals surface area contributed by atoms with E-state index in [4.69, 9.17) is 4.74 Å². The molecule has 2 atom stereocenters. The third-order valence-electron chi connectivity index (χ3n) is 5.34. The third-order valence-corrected chi connectivity index (χ3v) is 5.34. The van der Waals surface area contributed by atoms with Crippen molar-refractivity contribution in [1.82, 2.24) is 0 Å². The second-order valence-electron chi connectivity index (χ2n) is 7.48. The number of carbonyl (C=O) groups excluding carboxylic acids is 2. The molecule has 1 aliphatic rings. The predicted molar refractivity (Wildman–Crippen MR) is 110 cm³/mol. The fraction of sp³-hybridized carbons (Fsp3) is 0.333. The molecule has 0 saturated heterocycles. The Hall–Kier alpha value is -2.68. The summed E-state index contributed by atoms with van der Waals surface area (Å²) in [6.07, 6.45) is 10.8. The monoisotopic (exact) mass is 364 g/mol. The summed E-state index contributed by atoms with van der Waals surface area (Å²) < 4.78 is 5.21. The van der Waals surface area contributed by atoms with Crippen LogP contribution in [0.3, 0.4) is 0 Å². The maximum atomic E-state index is 13.0. The Kier molecular flexibility index (Phi) is 6.73. The van der Waals surface area contributed by atoms with Crippen molar-refractivity contribution in [3.8, 4) is 0 Å². The number of hydrogen-bond acceptors (Lipinski definition) is 3. The van der Waals surface area contributed by atoms with Crippen molar-refractivity contribution in [1.29, 1.82) is 0 Å². The van der Waals surface area contributed by atoms with E-state index < -0.39 is 11.4 Å². The van der Waals surface area contributed by atoms with Gasteiger partial charge in [-0.1, -0.05) is 68.1 Å². The lowest BCUT2D eigenvalue weighted by Crippen LogP contribution is -2.37. The molecule has 0 fully saturated rings. The van der Waals surface area contributed by atoms with Crippen LogP contribution in [0, 0.1) is 10.8 Å². The number of ether oxygens (including phenoxy) is 1. The quantitative estimate of drug-likeness (QED) is 0.374. The topological polar surface area (TPSA) is 43.4 Å². The Balaban J connectivity index is 2.40. The van der Waals surface area contributed by atoms with Gasteiger partial charge in [0, 0.05) is 0 Å². The zero-order chi connectivity index (χ0) is 19.9. The van der Waals surface area contributed by atoms with Crippen molar-refractivity contribution < 1.29 is 14.3 Å². The lowest BCUT2D eigenvalue weighted by Gasteiger charge is -2.30. The van der Waals surface area contributed by atoms with Crippen molar-refractivity contribution in [2.75, 3.05) is 6.61 Å². The molecule has 27 heavy (non-hydrogen) atoms. The Morgan fingerprint density at radius 1 is 1.11 bits per heavy atom. The van der Waals surface area contributed by atoms with E-state index in [0.717, 1.165) is 17.6 Å². The molecular weight excluding hydrogens is 336 g/mol. The van der Waals surface area contributed by atoms with E-state index in [1.165, 1.54) is 6.08 Å². The van der Waals surface area contributed by atoms with Gasteiger partial charge in [0.25, 0.3) is 0 Å². The first-order valence-corrected chi connectivity index (χ1v) is 9.24. The lowest BCUT2D eigenvalue weighted by atomic mass is 9.73. The number of esters is 1. The molecule has 1 aromatic carbocycles. The van der Waals surface area contributed by atoms with Crippen molar-refractivity contribution in [3.63, 3.8) is 0 Å². The van der Waals surface area contributed by atoms with Crippen LogP contribution in [0.5, 0.6) is 0 Å². The van der Waals surface area contributed by atoms with Crippen LogP contribution in [-0.4, -0.2) is 18.4 Å². The molecule has 0 aliphatic heterocycles. The van der Waals surface area contributed by atoms with Crippen LogP contribution in [0.1, 0.15) is 38.7 Å². The second kappa shape index (κ2) is 8.81. The summed E-state index contributed by atoms with van der Waals surface area (Å²) in [7, 11) is 0. The number of rotatable bonds is 7. The minimum Gasteiger partial charge on any atom is -0.461 e. The highest BCUT2D eigenvalue weighted by molar-refractivity contribution is 6.09. The first-order valence-electron chi connectivity index (χ1n) is 9.24. The Morgan fingerprint density at radius 2 is 1.81 bits per heavy atom. The minimum atomic E-state index is -1.17. The van der Waals surface area contributed by atoms with Gasteiger partial charge in [-0.05, 0) is 48.8 Å². The van der Waals surface area contributed by atoms with Gasteiger partial charge in [0.1, 0.15) is 12.0 Å². The molecule has 0 N–H and O–H groups in total. The highest BCUT2D eigenvalue weighted by Gasteiger charge is 2.45. The highest BCUT2D eigenvalue weighted by atomic mass is 16.5. The smallest absolute Gasteiger partial charge is 0.320 e. The van der Waals surface area contributed by atoms with Crippen LogP contribution in [0.25, 0.3) is 6.08 Å². The van der Waals surface area contributed by atoms with E-state index in [9.17, 15) is 9.59 Å². The molecule has 1 aliphatic carbocycles. The van der Waals surface area contributed by atoms with E-state index in [1.807, 2.05) is 48.6 Å². The van der Waals surface area contributed by atoms with Gasteiger partial charge in [0.05, 0.1) is 0 Å². The molecular formula is C24H28O3. The van der Waals surface area contributed by atoms with E-state index in [2.05, 4.69) is 20.1 Å². The molecule has 0 saturated carbocycles. The molecule has 3 heteroatoms. The maximum absolute atomic E-state index is 13.0. The van der Waals surface area contributed by atoms with Crippen molar-refractivity contribution in [2.24, 2.45) is 10.8 Å². The molecule has 0 heterocycles. The SMILES string of the molecule is C=CCOC(=O)C1(C)CC[C@](C)(CC=C)C(/C=C/c2ccccc2)=CC1=O. The molecule has 2 rings (SSSR count). The molecule has 0 bridgehead atoms. The summed E-state index contributed by atoms with van der Waals surface area (Å²) in [6.45, 7) is 11.3. The van der Waals surface area contributed by atoms with Gasteiger partial charge in [0.15, 0.2) is 5.78 Å². The molecule has 0 spiro atoms. The molecule has 0 amide bonds. The molecule has 1 unspecified atom stereocenters. The van der Waals surface area contributed by atoms with E-state index in [0.29, 0.717) is 12.8 Å². The highest BCUT2D eigenvalue weighted by Crippen LogP contribution is 2.45. The van der Waals surface area contributed by atoms with E-state index in [1.54, 1.807) is 13.0 Å². The lowest BCUT2D eigenvalue weighted by molar-refractivity contribution is -0.157. The Bertz CT molecular complexity index is 772. The van der Waals surface area contributed by atoms with Gasteiger partial charge >= 0.3 is 5.97 Å². The number of hydrogen-bond donors (Lipinski definition) is 0. The van der Waals surface area contributed by atoms with Gasteiger partial charge < -0.3 is 4.74 Å². The van der Waals surface area contributed by atoms with Crippen LogP contribution < -0.4 is 0 Å². The third kappa shape index (κ3) is 4.73. The fourth-order valence-corrected chi connectivity index (χ4v) is 3.30. The summed E-state index contributed by atoms with van der Waals surface area (Å²) in [5, 5.41) is 0. The molecule has 142 valence electrons. The second-order valence-corrected chi connectivity index (χ2v) is 7.48. The Morgan fingerprint density at radius 3 is 2.44 bits per heavy atom. The van der Waals surface area contributed by atoms with Crippen molar-refractivity contribution >= 4 is 17.8 Å². The summed E-state index contributed by atoms with van der Waals surface area (Å²) in [4.78, 5) is 25.5. The first-order chi connectivity index (χ1) is 12.9. The molecule has 3 nitrogen and oxygen atoms in total. The average Bonchev–Trinajstić information content (AvgIpc) is 2.76. The fourth-order valence-electron chi connectivity index (χ4n) is 3.30. The van der Waals surface area contributed by atoms with Crippen LogP contribution in [0.4, 0.5) is 0 Å². The van der Waals surface area contributed by atoms with Gasteiger partial charge in [0.2, 0.25) is 0 Å². The van der Waals surface area contributed by atoms with Crippen LogP contribution >= 0.6 is 0 Å². The number of ketones is 1. The summed E-state index contributed by atoms with van der Waals surface area (Å²) in [5.41, 5.74) is 0.535. The summed E-state index contributed by atoms with van der Waals surface area (Å²) >= 11 is 0. The van der Waals surface area contributed by atoms with Gasteiger partial charge in [-0.2, -0.15) is 0 Å². The first kappa shape index (κ1) is 20.6. The zero-order valence-corrected chi connectivity index (χ0v) is 16.2. The largest absolute Gasteiger partial charge is 0.461 e. The maximum Gasteiger partial charge on any atom is 0.320 e. The van der Waals surface area contributed by atoms with Crippen LogP contribution in [0.15, 0.2) is 73.4 Å². The van der Waals surface area contributed by atoms with Crippen LogP contribution in [0.2, 0.25) is 0 Å². The summed E-state index contributed by atoms with van der Waals surface area (Å²) in [5.74, 6) is -0.699. The number of allylic oxidation sites excluding steroid dienone is 4. The molecule has 0 radical (unpaired) electrons. The molecule has 0 aromatic heterocycles. The summed E-state index contributed by atoms with van der Waals surface area (Å²) in [6, 6.07) is 9.94. The molecule has 1 aromatic rings. The number of benzene rings is 1. The average molecular weight is 364 g/mol. The standard InChI is InChI=1S/C24H28O3/c1-5-14-23(3)15-16-24(4,22(26)27-17-6-2)21(25)18-20(23)13-12-19-10-8-7-9-11-19/h5-13,18H,1-2,14-17H2,3-4H3/b13-12+/t23-,24?/m0/s1. The van der Waals surface area contributed by atoms with Crippen molar-refractivity contribution in [2.45, 2.75) is 33.1 Å². The van der Waals surface area contributed by atoms with E-state index >= 15 is 0 Å². The van der Waals surface area contributed by atoms with Gasteiger partial charge in [-0.15, -0.1) is 6.58 Å². The van der Waals surface area contributed by atoms with Crippen molar-refractivity contribution in [3.05, 3.63) is 78.9 Å². The predicted octanol–water partition coefficient (Wildman–Crippen LogP) is 5.31. The van der Waals surface area contributed by atoms with Crippen LogP contribution in [-0.2, 0) is 14.3 Å². The Labute approximate surface area is 162 Å². The van der Waals surface area contributed by atoms with Gasteiger partial charge in [-0.25, -0.2) is 0 Å².